The van der Waals surface area contributed by atoms with E-state index in [1.165, 1.54) is 4.31 Å². The molecule has 1 aliphatic heterocycles. The lowest BCUT2D eigenvalue weighted by molar-refractivity contribution is 0.0698. The third-order valence-electron chi connectivity index (χ3n) is 6.86. The molecule has 2 aliphatic rings. The summed E-state index contributed by atoms with van der Waals surface area (Å²) in [5, 5.41) is 1.86. The maximum Gasteiger partial charge on any atom is 0.253 e. The molecule has 0 unspecified atom stereocenters. The van der Waals surface area contributed by atoms with Gasteiger partial charge in [-0.25, -0.2) is 8.42 Å². The third-order valence-corrected chi connectivity index (χ3v) is 8.75. The lowest BCUT2D eigenvalue weighted by atomic mass is 10.0. The minimum Gasteiger partial charge on any atom is -0.336 e. The van der Waals surface area contributed by atoms with E-state index in [0.717, 1.165) is 21.9 Å². The lowest BCUT2D eigenvalue weighted by Gasteiger charge is -2.34. The first-order valence-corrected chi connectivity index (χ1v) is 12.9. The van der Waals surface area contributed by atoms with Crippen LogP contribution in [0.15, 0.2) is 89.8 Å². The standard InChI is InChI=1S/C28H22N2O4S/c31-27-25-8-4-3-7-23(25)24-12-10-21(18-26(24)27)28(32)29-13-15-30(16-14-29)35(33,34)22-11-9-19-5-1-2-6-20(19)17-22/h1-12,17-18H,13-16H2. The van der Waals surface area contributed by atoms with Crippen molar-refractivity contribution in [2.24, 2.45) is 0 Å². The minimum atomic E-state index is -3.66. The van der Waals surface area contributed by atoms with Gasteiger partial charge in [-0.3, -0.25) is 9.59 Å². The van der Waals surface area contributed by atoms with Gasteiger partial charge in [-0.15, -0.1) is 0 Å². The van der Waals surface area contributed by atoms with Gasteiger partial charge in [0.25, 0.3) is 5.91 Å². The van der Waals surface area contributed by atoms with Gasteiger partial charge in [0.2, 0.25) is 10.0 Å². The summed E-state index contributed by atoms with van der Waals surface area (Å²) in [4.78, 5) is 27.9. The minimum absolute atomic E-state index is 0.0726. The number of benzene rings is 4. The SMILES string of the molecule is O=C1c2ccccc2-c2ccc(C(=O)N3CCN(S(=O)(=O)c4ccc5ccccc5c4)CC3)cc21. The predicted octanol–water partition coefficient (Wildman–Crippen LogP) is 4.20. The molecule has 0 bridgehead atoms. The predicted molar refractivity (Wildman–Crippen MR) is 134 cm³/mol. The van der Waals surface area contributed by atoms with E-state index in [9.17, 15) is 18.0 Å². The molecule has 0 saturated carbocycles. The summed E-state index contributed by atoms with van der Waals surface area (Å²) in [5.41, 5.74) is 3.36. The van der Waals surface area contributed by atoms with Crippen molar-refractivity contribution in [1.29, 1.82) is 0 Å². The molecule has 1 fully saturated rings. The molecule has 1 amide bonds. The number of fused-ring (bicyclic) bond motifs is 4. The van der Waals surface area contributed by atoms with Crippen LogP contribution in [0.4, 0.5) is 0 Å². The maximum atomic E-state index is 13.2. The number of carbonyl (C=O) groups is 2. The highest BCUT2D eigenvalue weighted by atomic mass is 32.2. The average Bonchev–Trinajstić information content (AvgIpc) is 3.19. The molecule has 174 valence electrons. The van der Waals surface area contributed by atoms with Crippen molar-refractivity contribution < 1.29 is 18.0 Å². The topological polar surface area (TPSA) is 74.8 Å². The molecule has 0 aromatic heterocycles. The maximum absolute atomic E-state index is 13.2. The summed E-state index contributed by atoms with van der Waals surface area (Å²) >= 11 is 0. The first-order valence-electron chi connectivity index (χ1n) is 11.5. The first-order chi connectivity index (χ1) is 16.9. The summed E-state index contributed by atoms with van der Waals surface area (Å²) in [6.45, 7) is 1.01. The van der Waals surface area contributed by atoms with Crippen LogP contribution in [0.2, 0.25) is 0 Å². The van der Waals surface area contributed by atoms with E-state index in [-0.39, 0.29) is 42.8 Å². The second kappa shape index (κ2) is 8.15. The van der Waals surface area contributed by atoms with Gasteiger partial charge in [-0.2, -0.15) is 4.31 Å². The van der Waals surface area contributed by atoms with Crippen molar-refractivity contribution in [3.05, 3.63) is 102 Å². The molecule has 1 aliphatic carbocycles. The van der Waals surface area contributed by atoms with Crippen molar-refractivity contribution in [3.63, 3.8) is 0 Å². The largest absolute Gasteiger partial charge is 0.336 e. The number of hydrogen-bond donors (Lipinski definition) is 0. The highest BCUT2D eigenvalue weighted by molar-refractivity contribution is 7.89. The first kappa shape index (κ1) is 21.7. The summed E-state index contributed by atoms with van der Waals surface area (Å²) in [6.07, 6.45) is 0. The number of nitrogens with zero attached hydrogens (tertiary/aromatic N) is 2. The highest BCUT2D eigenvalue weighted by Crippen LogP contribution is 2.37. The molecule has 4 aromatic carbocycles. The van der Waals surface area contributed by atoms with Crippen LogP contribution >= 0.6 is 0 Å². The van der Waals surface area contributed by atoms with Crippen molar-refractivity contribution in [3.8, 4) is 11.1 Å². The van der Waals surface area contributed by atoms with Crippen molar-refractivity contribution in [2.75, 3.05) is 26.2 Å². The van der Waals surface area contributed by atoms with Gasteiger partial charge in [0.15, 0.2) is 5.78 Å². The molecule has 1 saturated heterocycles. The van der Waals surface area contributed by atoms with E-state index in [1.807, 2.05) is 54.6 Å². The normalized spacial score (nSPS) is 15.8. The zero-order chi connectivity index (χ0) is 24.2. The van der Waals surface area contributed by atoms with E-state index in [2.05, 4.69) is 0 Å². The van der Waals surface area contributed by atoms with Gasteiger partial charge in [0.05, 0.1) is 4.90 Å². The third kappa shape index (κ3) is 3.55. The molecular formula is C28H22N2O4S. The molecule has 7 heteroatoms. The smallest absolute Gasteiger partial charge is 0.253 e. The summed E-state index contributed by atoms with van der Waals surface area (Å²) in [6, 6.07) is 25.5. The molecule has 0 radical (unpaired) electrons. The Labute approximate surface area is 203 Å². The second-order valence-corrected chi connectivity index (χ2v) is 10.8. The molecule has 6 nitrogen and oxygen atoms in total. The van der Waals surface area contributed by atoms with Crippen LogP contribution in [-0.2, 0) is 10.0 Å². The molecule has 0 spiro atoms. The van der Waals surface area contributed by atoms with Crippen LogP contribution in [0.1, 0.15) is 26.3 Å². The fourth-order valence-corrected chi connectivity index (χ4v) is 6.41. The Morgan fingerprint density at radius 2 is 1.31 bits per heavy atom. The zero-order valence-electron chi connectivity index (χ0n) is 18.8. The van der Waals surface area contributed by atoms with E-state index in [1.54, 1.807) is 35.2 Å². The van der Waals surface area contributed by atoms with E-state index in [4.69, 9.17) is 0 Å². The molecule has 0 N–H and O–H groups in total. The lowest BCUT2D eigenvalue weighted by Crippen LogP contribution is -2.50. The number of piperazine rings is 1. The van der Waals surface area contributed by atoms with Gasteiger partial charge in [-0.05, 0) is 46.2 Å². The van der Waals surface area contributed by atoms with Crippen LogP contribution in [0.25, 0.3) is 21.9 Å². The fourth-order valence-electron chi connectivity index (χ4n) is 4.95. The van der Waals surface area contributed by atoms with Crippen LogP contribution in [-0.4, -0.2) is 55.5 Å². The number of carbonyl (C=O) groups excluding carboxylic acids is 2. The van der Waals surface area contributed by atoms with E-state index >= 15 is 0 Å². The molecule has 6 rings (SSSR count). The number of sulfonamides is 1. The number of hydrogen-bond acceptors (Lipinski definition) is 4. The number of ketones is 1. The van der Waals surface area contributed by atoms with Crippen molar-refractivity contribution in [1.82, 2.24) is 9.21 Å². The molecular weight excluding hydrogens is 460 g/mol. The Morgan fingerprint density at radius 3 is 2.09 bits per heavy atom. The second-order valence-electron chi connectivity index (χ2n) is 8.84. The van der Waals surface area contributed by atoms with Crippen LogP contribution < -0.4 is 0 Å². The Hall–Kier alpha value is -3.81. The summed E-state index contributed by atoms with van der Waals surface area (Å²) in [5.74, 6) is -0.268. The summed E-state index contributed by atoms with van der Waals surface area (Å²) in [7, 11) is -3.66. The Balaban J connectivity index is 1.19. The average molecular weight is 483 g/mol. The van der Waals surface area contributed by atoms with Crippen LogP contribution in [0.5, 0.6) is 0 Å². The number of amides is 1. The van der Waals surface area contributed by atoms with Crippen LogP contribution in [0.3, 0.4) is 0 Å². The summed E-state index contributed by atoms with van der Waals surface area (Å²) < 4.78 is 27.9. The highest BCUT2D eigenvalue weighted by Gasteiger charge is 2.32. The van der Waals surface area contributed by atoms with E-state index in [0.29, 0.717) is 16.7 Å². The van der Waals surface area contributed by atoms with Crippen LogP contribution in [0, 0.1) is 0 Å². The quantitative estimate of drug-likeness (QED) is 0.386. The van der Waals surface area contributed by atoms with E-state index < -0.39 is 10.0 Å². The molecule has 1 heterocycles. The number of rotatable bonds is 3. The molecule has 35 heavy (non-hydrogen) atoms. The van der Waals surface area contributed by atoms with Crippen molar-refractivity contribution in [2.45, 2.75) is 4.90 Å². The van der Waals surface area contributed by atoms with Crippen molar-refractivity contribution >= 4 is 32.5 Å². The molecule has 0 atom stereocenters. The van der Waals surface area contributed by atoms with Gasteiger partial charge in [0.1, 0.15) is 0 Å². The van der Waals surface area contributed by atoms with Gasteiger partial charge in [0, 0.05) is 42.9 Å². The Morgan fingerprint density at radius 1 is 0.657 bits per heavy atom. The molecule has 4 aromatic rings. The van der Waals surface area contributed by atoms with Gasteiger partial charge in [-0.1, -0.05) is 60.7 Å². The van der Waals surface area contributed by atoms with Gasteiger partial charge < -0.3 is 4.90 Å². The Kier molecular flexibility index (Phi) is 5.05. The van der Waals surface area contributed by atoms with Gasteiger partial charge >= 0.3 is 0 Å². The monoisotopic (exact) mass is 482 g/mol. The zero-order valence-corrected chi connectivity index (χ0v) is 19.7. The Bertz CT molecular complexity index is 1620. The fraction of sp³-hybridized carbons (Fsp3) is 0.143.